The lowest BCUT2D eigenvalue weighted by Gasteiger charge is -2.18. The van der Waals surface area contributed by atoms with Crippen LogP contribution in [0.5, 0.6) is 5.75 Å². The van der Waals surface area contributed by atoms with Crippen molar-refractivity contribution >= 4 is 27.5 Å². The average Bonchev–Trinajstić information content (AvgIpc) is 2.84. The van der Waals surface area contributed by atoms with E-state index in [4.69, 9.17) is 16.3 Å². The van der Waals surface area contributed by atoms with Crippen LogP contribution in [0, 0.1) is 12.8 Å². The molecule has 0 bridgehead atoms. The maximum absolute atomic E-state index is 6.59. The molecule has 18 heavy (non-hydrogen) atoms. The van der Waals surface area contributed by atoms with Gasteiger partial charge in [-0.15, -0.1) is 11.6 Å². The van der Waals surface area contributed by atoms with Crippen molar-refractivity contribution in [2.24, 2.45) is 5.92 Å². The lowest BCUT2D eigenvalue weighted by molar-refractivity contribution is 0.404. The molecule has 1 saturated carbocycles. The lowest BCUT2D eigenvalue weighted by atomic mass is 9.96. The second-order valence-corrected chi connectivity index (χ2v) is 6.58. The molecule has 0 aliphatic heterocycles. The SMILES string of the molecule is COc1cc(C)c(Br)cc1C(Cl)CC1CCCC1. The van der Waals surface area contributed by atoms with Crippen LogP contribution in [0.1, 0.15) is 48.6 Å². The zero-order valence-electron chi connectivity index (χ0n) is 11.0. The molecule has 0 N–H and O–H groups in total. The van der Waals surface area contributed by atoms with E-state index in [1.165, 1.54) is 31.2 Å². The van der Waals surface area contributed by atoms with E-state index in [1.807, 2.05) is 0 Å². The minimum absolute atomic E-state index is 0.0555. The van der Waals surface area contributed by atoms with Gasteiger partial charge in [-0.1, -0.05) is 41.6 Å². The molecule has 1 fully saturated rings. The monoisotopic (exact) mass is 330 g/mol. The van der Waals surface area contributed by atoms with Crippen molar-refractivity contribution in [1.82, 2.24) is 0 Å². The number of hydrogen-bond donors (Lipinski definition) is 0. The molecule has 0 radical (unpaired) electrons. The summed E-state index contributed by atoms with van der Waals surface area (Å²) in [4.78, 5) is 0. The largest absolute Gasteiger partial charge is 0.496 e. The van der Waals surface area contributed by atoms with E-state index in [1.54, 1.807) is 7.11 Å². The first-order chi connectivity index (χ1) is 8.61. The van der Waals surface area contributed by atoms with Gasteiger partial charge in [-0.25, -0.2) is 0 Å². The number of methoxy groups -OCH3 is 1. The number of halogens is 2. The van der Waals surface area contributed by atoms with Gasteiger partial charge in [0.05, 0.1) is 12.5 Å². The van der Waals surface area contributed by atoms with Gasteiger partial charge in [-0.05, 0) is 37.0 Å². The van der Waals surface area contributed by atoms with E-state index in [9.17, 15) is 0 Å². The van der Waals surface area contributed by atoms with Crippen LogP contribution in [-0.4, -0.2) is 7.11 Å². The van der Waals surface area contributed by atoms with Gasteiger partial charge >= 0.3 is 0 Å². The highest BCUT2D eigenvalue weighted by Crippen LogP contribution is 2.40. The second kappa shape index (κ2) is 6.29. The molecule has 100 valence electrons. The zero-order valence-corrected chi connectivity index (χ0v) is 13.4. The summed E-state index contributed by atoms with van der Waals surface area (Å²) in [5, 5.41) is 0.0555. The van der Waals surface area contributed by atoms with E-state index >= 15 is 0 Å². The zero-order chi connectivity index (χ0) is 13.1. The Morgan fingerprint density at radius 2 is 2.06 bits per heavy atom. The van der Waals surface area contributed by atoms with Crippen molar-refractivity contribution in [2.45, 2.75) is 44.4 Å². The average molecular weight is 332 g/mol. The predicted octanol–water partition coefficient (Wildman–Crippen LogP) is 5.63. The summed E-state index contributed by atoms with van der Waals surface area (Å²) in [5.74, 6) is 1.70. The van der Waals surface area contributed by atoms with E-state index in [-0.39, 0.29) is 5.38 Å². The van der Waals surface area contributed by atoms with Gasteiger partial charge in [0.25, 0.3) is 0 Å². The fourth-order valence-corrected chi connectivity index (χ4v) is 3.54. The molecule has 1 aliphatic rings. The van der Waals surface area contributed by atoms with Gasteiger partial charge in [-0.2, -0.15) is 0 Å². The topological polar surface area (TPSA) is 9.23 Å². The third-order valence-corrected chi connectivity index (χ3v) is 5.13. The first-order valence-electron chi connectivity index (χ1n) is 6.60. The molecule has 3 heteroatoms. The van der Waals surface area contributed by atoms with E-state index in [2.05, 4.69) is 35.0 Å². The predicted molar refractivity (Wildman–Crippen MR) is 80.6 cm³/mol. The maximum Gasteiger partial charge on any atom is 0.123 e. The molecule has 1 nitrogen and oxygen atoms in total. The van der Waals surface area contributed by atoms with Crippen LogP contribution in [-0.2, 0) is 0 Å². The number of benzene rings is 1. The Labute approximate surface area is 123 Å². The normalized spacial score (nSPS) is 18.0. The molecule has 1 aromatic rings. The highest BCUT2D eigenvalue weighted by Gasteiger charge is 2.22. The van der Waals surface area contributed by atoms with Crippen LogP contribution < -0.4 is 4.74 Å². The minimum atomic E-state index is 0.0555. The number of hydrogen-bond acceptors (Lipinski definition) is 1. The summed E-state index contributed by atoms with van der Waals surface area (Å²) in [7, 11) is 1.71. The van der Waals surface area contributed by atoms with Crippen molar-refractivity contribution in [2.75, 3.05) is 7.11 Å². The molecule has 0 spiro atoms. The molecule has 1 unspecified atom stereocenters. The van der Waals surface area contributed by atoms with Crippen molar-refractivity contribution in [3.8, 4) is 5.75 Å². The number of ether oxygens (including phenoxy) is 1. The molecule has 1 aromatic carbocycles. The highest BCUT2D eigenvalue weighted by atomic mass is 79.9. The summed E-state index contributed by atoms with van der Waals surface area (Å²) >= 11 is 10.2. The summed E-state index contributed by atoms with van der Waals surface area (Å²) in [6.07, 6.45) is 6.45. The number of aryl methyl sites for hydroxylation is 1. The Bertz CT molecular complexity index is 413. The molecule has 0 heterocycles. The summed E-state index contributed by atoms with van der Waals surface area (Å²) in [6, 6.07) is 4.17. The Hall–Kier alpha value is -0.210. The summed E-state index contributed by atoms with van der Waals surface area (Å²) in [5.41, 5.74) is 2.30. The van der Waals surface area contributed by atoms with Crippen molar-refractivity contribution in [3.05, 3.63) is 27.7 Å². The van der Waals surface area contributed by atoms with Crippen LogP contribution in [0.2, 0.25) is 0 Å². The second-order valence-electron chi connectivity index (χ2n) is 5.20. The fourth-order valence-electron chi connectivity index (χ4n) is 2.76. The highest BCUT2D eigenvalue weighted by molar-refractivity contribution is 9.10. The Balaban J connectivity index is 2.17. The molecule has 1 atom stereocenters. The van der Waals surface area contributed by atoms with Crippen molar-refractivity contribution < 1.29 is 4.74 Å². The van der Waals surface area contributed by atoms with E-state index in [0.29, 0.717) is 0 Å². The van der Waals surface area contributed by atoms with E-state index in [0.717, 1.165) is 28.1 Å². The van der Waals surface area contributed by atoms with Gasteiger partial charge in [-0.3, -0.25) is 0 Å². The Kier molecular flexibility index (Phi) is 4.97. The van der Waals surface area contributed by atoms with Crippen molar-refractivity contribution in [3.63, 3.8) is 0 Å². The Morgan fingerprint density at radius 1 is 1.39 bits per heavy atom. The quantitative estimate of drug-likeness (QED) is 0.650. The molecule has 1 aliphatic carbocycles. The summed E-state index contributed by atoms with van der Waals surface area (Å²) in [6.45, 7) is 2.07. The molecular formula is C15H20BrClO. The van der Waals surface area contributed by atoms with Gasteiger partial charge in [0.2, 0.25) is 0 Å². The maximum atomic E-state index is 6.59. The van der Waals surface area contributed by atoms with Crippen LogP contribution in [0.3, 0.4) is 0 Å². The third kappa shape index (κ3) is 3.21. The molecule has 0 saturated heterocycles. The fraction of sp³-hybridized carbons (Fsp3) is 0.600. The van der Waals surface area contributed by atoms with Crippen LogP contribution in [0.25, 0.3) is 0 Å². The third-order valence-electron chi connectivity index (χ3n) is 3.86. The van der Waals surface area contributed by atoms with Crippen LogP contribution >= 0.6 is 27.5 Å². The lowest BCUT2D eigenvalue weighted by Crippen LogP contribution is -2.02. The van der Waals surface area contributed by atoms with Gasteiger partial charge in [0.15, 0.2) is 0 Å². The Morgan fingerprint density at radius 3 is 2.67 bits per heavy atom. The minimum Gasteiger partial charge on any atom is -0.496 e. The first-order valence-corrected chi connectivity index (χ1v) is 7.83. The van der Waals surface area contributed by atoms with Gasteiger partial charge in [0, 0.05) is 10.0 Å². The van der Waals surface area contributed by atoms with Crippen LogP contribution in [0.15, 0.2) is 16.6 Å². The summed E-state index contributed by atoms with van der Waals surface area (Å²) < 4.78 is 6.57. The standard InChI is InChI=1S/C15H20BrClO/c1-10-7-15(18-2)12(9-13(10)16)14(17)8-11-5-3-4-6-11/h7,9,11,14H,3-6,8H2,1-2H3. The molecular weight excluding hydrogens is 312 g/mol. The van der Waals surface area contributed by atoms with Crippen molar-refractivity contribution in [1.29, 1.82) is 0 Å². The molecule has 0 amide bonds. The number of alkyl halides is 1. The van der Waals surface area contributed by atoms with Gasteiger partial charge in [0.1, 0.15) is 5.75 Å². The van der Waals surface area contributed by atoms with Crippen LogP contribution in [0.4, 0.5) is 0 Å². The first kappa shape index (κ1) is 14.2. The number of rotatable bonds is 4. The molecule has 2 rings (SSSR count). The smallest absolute Gasteiger partial charge is 0.123 e. The van der Waals surface area contributed by atoms with E-state index < -0.39 is 0 Å². The molecule has 0 aromatic heterocycles. The van der Waals surface area contributed by atoms with Gasteiger partial charge < -0.3 is 4.74 Å².